The number of ether oxygens (including phenoxy) is 2. The van der Waals surface area contributed by atoms with E-state index in [2.05, 4.69) is 27.4 Å². The van der Waals surface area contributed by atoms with Crippen molar-refractivity contribution in [3.05, 3.63) is 52.8 Å². The van der Waals surface area contributed by atoms with Crippen LogP contribution in [0.2, 0.25) is 0 Å². The van der Waals surface area contributed by atoms with Gasteiger partial charge in [0, 0.05) is 10.5 Å². The topological polar surface area (TPSA) is 64.4 Å². The molecule has 0 aliphatic heterocycles. The summed E-state index contributed by atoms with van der Waals surface area (Å²) in [5.41, 5.74) is 1.79. The van der Waals surface area contributed by atoms with Crippen LogP contribution in [0.25, 0.3) is 11.4 Å². The van der Waals surface area contributed by atoms with Crippen molar-refractivity contribution in [1.82, 2.24) is 14.9 Å². The Morgan fingerprint density at radius 2 is 1.85 bits per heavy atom. The molecule has 6 nitrogen and oxygen atoms in total. The summed E-state index contributed by atoms with van der Waals surface area (Å²) in [6.45, 7) is 0. The highest BCUT2D eigenvalue weighted by Crippen LogP contribution is 2.31. The average Bonchev–Trinajstić information content (AvgIpc) is 3.06. The number of benzene rings is 2. The second-order valence-electron chi connectivity index (χ2n) is 5.25. The summed E-state index contributed by atoms with van der Waals surface area (Å²) in [5.74, 6) is 1.85. The minimum Gasteiger partial charge on any atom is -0.493 e. The molecule has 1 N–H and O–H groups in total. The molecule has 2 aromatic carbocycles. The molecule has 0 radical (unpaired) electrons. The van der Waals surface area contributed by atoms with Crippen LogP contribution in [0.15, 0.2) is 52.5 Å². The van der Waals surface area contributed by atoms with Crippen LogP contribution >= 0.6 is 24.0 Å². The molecule has 1 heterocycles. The lowest BCUT2D eigenvalue weighted by molar-refractivity contribution is 0.355. The summed E-state index contributed by atoms with van der Waals surface area (Å²) in [6, 6.07) is 13.7. The second kappa shape index (κ2) is 8.20. The van der Waals surface area contributed by atoms with E-state index in [1.165, 1.54) is 4.90 Å². The third-order valence-electron chi connectivity index (χ3n) is 3.73. The van der Waals surface area contributed by atoms with Crippen molar-refractivity contribution in [3.8, 4) is 22.9 Å². The van der Waals surface area contributed by atoms with E-state index in [0.29, 0.717) is 22.1 Å². The van der Waals surface area contributed by atoms with Gasteiger partial charge >= 0.3 is 0 Å². The first-order valence-electron chi connectivity index (χ1n) is 7.74. The average molecular weight is 387 g/mol. The molecule has 0 fully saturated rings. The Labute approximate surface area is 160 Å². The van der Waals surface area contributed by atoms with Crippen molar-refractivity contribution in [2.24, 2.45) is 5.10 Å². The first kappa shape index (κ1) is 18.2. The maximum Gasteiger partial charge on any atom is 0.216 e. The highest BCUT2D eigenvalue weighted by atomic mass is 32.2. The first-order chi connectivity index (χ1) is 12.7. The molecule has 0 saturated carbocycles. The molecule has 0 atom stereocenters. The summed E-state index contributed by atoms with van der Waals surface area (Å²) in [4.78, 5) is 1.20. The van der Waals surface area contributed by atoms with Gasteiger partial charge < -0.3 is 9.47 Å². The fourth-order valence-corrected chi connectivity index (χ4v) is 2.96. The Bertz CT molecular complexity index is 978. The number of nitrogens with one attached hydrogen (secondary N) is 1. The van der Waals surface area contributed by atoms with Gasteiger partial charge in [-0.2, -0.15) is 14.9 Å². The van der Waals surface area contributed by atoms with Gasteiger partial charge in [0.05, 0.1) is 20.4 Å². The van der Waals surface area contributed by atoms with Gasteiger partial charge in [-0.15, -0.1) is 11.8 Å². The summed E-state index contributed by atoms with van der Waals surface area (Å²) in [6.07, 6.45) is 3.79. The second-order valence-corrected chi connectivity index (χ2v) is 6.52. The predicted octanol–water partition coefficient (Wildman–Crippen LogP) is 4.23. The summed E-state index contributed by atoms with van der Waals surface area (Å²) < 4.78 is 12.6. The van der Waals surface area contributed by atoms with E-state index in [0.717, 1.165) is 11.1 Å². The summed E-state index contributed by atoms with van der Waals surface area (Å²) >= 11 is 7.01. The minimum atomic E-state index is 0.409. The Morgan fingerprint density at radius 3 is 2.50 bits per heavy atom. The Kier molecular flexibility index (Phi) is 5.75. The van der Waals surface area contributed by atoms with Crippen LogP contribution in [0.1, 0.15) is 5.56 Å². The largest absolute Gasteiger partial charge is 0.493 e. The number of nitrogens with zero attached hydrogens (tertiary/aromatic N) is 3. The fourth-order valence-electron chi connectivity index (χ4n) is 2.38. The highest BCUT2D eigenvalue weighted by Gasteiger charge is 2.12. The third-order valence-corrected chi connectivity index (χ3v) is 4.74. The lowest BCUT2D eigenvalue weighted by atomic mass is 10.2. The van der Waals surface area contributed by atoms with Crippen LogP contribution in [0.3, 0.4) is 0 Å². The lowest BCUT2D eigenvalue weighted by Crippen LogP contribution is -1.96. The highest BCUT2D eigenvalue weighted by molar-refractivity contribution is 7.98. The van der Waals surface area contributed by atoms with Crippen LogP contribution in [-0.4, -0.2) is 41.6 Å². The number of thioether (sulfide) groups is 1. The summed E-state index contributed by atoms with van der Waals surface area (Å²) in [7, 11) is 3.19. The van der Waals surface area contributed by atoms with Gasteiger partial charge in [-0.3, -0.25) is 0 Å². The van der Waals surface area contributed by atoms with E-state index in [1.54, 1.807) is 36.9 Å². The molecular weight excluding hydrogens is 368 g/mol. The van der Waals surface area contributed by atoms with Gasteiger partial charge in [-0.05, 0) is 54.4 Å². The van der Waals surface area contributed by atoms with Crippen molar-refractivity contribution in [1.29, 1.82) is 0 Å². The van der Waals surface area contributed by atoms with E-state index in [4.69, 9.17) is 21.7 Å². The van der Waals surface area contributed by atoms with Gasteiger partial charge in [0.1, 0.15) is 0 Å². The normalized spacial score (nSPS) is 11.0. The van der Waals surface area contributed by atoms with E-state index in [9.17, 15) is 0 Å². The molecule has 3 aromatic rings. The number of rotatable bonds is 6. The fraction of sp³-hybridized carbons (Fsp3) is 0.167. The molecule has 134 valence electrons. The minimum absolute atomic E-state index is 0.409. The molecule has 8 heteroatoms. The Morgan fingerprint density at radius 1 is 1.12 bits per heavy atom. The van der Waals surface area contributed by atoms with Gasteiger partial charge in [0.2, 0.25) is 4.77 Å². The molecule has 1 aromatic heterocycles. The zero-order valence-corrected chi connectivity index (χ0v) is 16.2. The maximum absolute atomic E-state index is 5.36. The van der Waals surface area contributed by atoms with Gasteiger partial charge in [0.25, 0.3) is 0 Å². The molecule has 0 aliphatic rings. The van der Waals surface area contributed by atoms with Gasteiger partial charge in [-0.25, -0.2) is 5.10 Å². The molecule has 0 aliphatic carbocycles. The number of aromatic amines is 1. The molecular formula is C18H18N4O2S2. The van der Waals surface area contributed by atoms with Crippen LogP contribution < -0.4 is 9.47 Å². The zero-order valence-electron chi connectivity index (χ0n) is 14.6. The smallest absolute Gasteiger partial charge is 0.216 e. The van der Waals surface area contributed by atoms with Crippen molar-refractivity contribution in [2.75, 3.05) is 20.5 Å². The first-order valence-corrected chi connectivity index (χ1v) is 9.37. The molecule has 0 unspecified atom stereocenters. The van der Waals surface area contributed by atoms with E-state index in [1.807, 2.05) is 36.6 Å². The van der Waals surface area contributed by atoms with E-state index < -0.39 is 0 Å². The van der Waals surface area contributed by atoms with Crippen molar-refractivity contribution in [2.45, 2.75) is 4.90 Å². The quantitative estimate of drug-likeness (QED) is 0.390. The van der Waals surface area contributed by atoms with Gasteiger partial charge in [0.15, 0.2) is 17.3 Å². The van der Waals surface area contributed by atoms with Crippen LogP contribution in [0.4, 0.5) is 0 Å². The number of methoxy groups -OCH3 is 2. The predicted molar refractivity (Wildman–Crippen MR) is 107 cm³/mol. The molecule has 0 amide bonds. The van der Waals surface area contributed by atoms with Crippen LogP contribution in [0.5, 0.6) is 11.5 Å². The number of hydrogen-bond acceptors (Lipinski definition) is 6. The molecule has 0 bridgehead atoms. The maximum atomic E-state index is 5.36. The standard InChI is InChI=1S/C18H18N4O2S2/c1-23-15-9-6-13(10-16(15)24-2)17-20-21-18(25)22(17)19-11-12-4-7-14(26-3)8-5-12/h4-11H,1-3H3,(H,21,25)/b19-11+. The molecule has 0 saturated heterocycles. The molecule has 0 spiro atoms. The third kappa shape index (κ3) is 3.81. The molecule has 26 heavy (non-hydrogen) atoms. The monoisotopic (exact) mass is 386 g/mol. The summed E-state index contributed by atoms with van der Waals surface area (Å²) in [5, 5.41) is 11.6. The Balaban J connectivity index is 1.96. The van der Waals surface area contributed by atoms with Crippen molar-refractivity contribution in [3.63, 3.8) is 0 Å². The number of aromatic nitrogens is 3. The number of hydrogen-bond donors (Lipinski definition) is 1. The van der Waals surface area contributed by atoms with Crippen molar-refractivity contribution < 1.29 is 9.47 Å². The van der Waals surface area contributed by atoms with Crippen LogP contribution in [0, 0.1) is 4.77 Å². The SMILES string of the molecule is COc1ccc(-c2n[nH]c(=S)n2/N=C/c2ccc(SC)cc2)cc1OC. The lowest BCUT2D eigenvalue weighted by Gasteiger charge is -2.09. The Hall–Kier alpha value is -2.58. The van der Waals surface area contributed by atoms with Crippen LogP contribution in [-0.2, 0) is 0 Å². The zero-order chi connectivity index (χ0) is 18.5. The number of H-pyrrole nitrogens is 1. The van der Waals surface area contributed by atoms with E-state index in [-0.39, 0.29) is 0 Å². The van der Waals surface area contributed by atoms with E-state index >= 15 is 0 Å². The van der Waals surface area contributed by atoms with Gasteiger partial charge in [-0.1, -0.05) is 12.1 Å². The molecule has 3 rings (SSSR count). The van der Waals surface area contributed by atoms with Crippen molar-refractivity contribution >= 4 is 30.2 Å².